The Kier molecular flexibility index (Phi) is 7.02. The van der Waals surface area contributed by atoms with Crippen LogP contribution in [0.2, 0.25) is 5.02 Å². The third kappa shape index (κ3) is 5.91. The van der Waals surface area contributed by atoms with Crippen LogP contribution in [0.1, 0.15) is 36.5 Å². The van der Waals surface area contributed by atoms with E-state index < -0.39 is 0 Å². The van der Waals surface area contributed by atoms with Crippen LogP contribution in [0, 0.1) is 6.92 Å². The van der Waals surface area contributed by atoms with Crippen LogP contribution >= 0.6 is 11.6 Å². The number of nitrogens with one attached hydrogen (secondary N) is 1. The van der Waals surface area contributed by atoms with E-state index in [0.29, 0.717) is 11.4 Å². The molecule has 0 aliphatic carbocycles. The molecule has 2 aromatic carbocycles. The number of nitrogens with zero attached hydrogens (tertiary/aromatic N) is 1. The Labute approximate surface area is 153 Å². The number of halogens is 1. The molecule has 0 saturated heterocycles. The van der Waals surface area contributed by atoms with Crippen LogP contribution in [0.3, 0.4) is 0 Å². The number of amides is 1. The van der Waals surface area contributed by atoms with Gasteiger partial charge in [0, 0.05) is 11.4 Å². The summed E-state index contributed by atoms with van der Waals surface area (Å²) in [6.45, 7) is 3.90. The molecule has 0 unspecified atom stereocenters. The minimum Gasteiger partial charge on any atom is -0.497 e. The van der Waals surface area contributed by atoms with Gasteiger partial charge in [-0.3, -0.25) is 4.79 Å². The number of ether oxygens (including phenoxy) is 1. The van der Waals surface area contributed by atoms with E-state index in [1.54, 1.807) is 19.2 Å². The van der Waals surface area contributed by atoms with Gasteiger partial charge in [0.2, 0.25) is 5.91 Å². The number of methoxy groups -OCH3 is 1. The Bertz CT molecular complexity index is 755. The van der Waals surface area contributed by atoms with Crippen molar-refractivity contribution >= 4 is 23.2 Å². The van der Waals surface area contributed by atoms with Crippen LogP contribution < -0.4 is 10.2 Å². The van der Waals surface area contributed by atoms with Crippen molar-refractivity contribution in [1.82, 2.24) is 5.43 Å². The Balaban J connectivity index is 1.80. The molecule has 0 aliphatic heterocycles. The monoisotopic (exact) mass is 358 g/mol. The second-order valence-electron chi connectivity index (χ2n) is 5.89. The maximum atomic E-state index is 11.9. The molecule has 0 saturated carbocycles. The number of rotatable bonds is 7. The molecule has 0 aromatic heterocycles. The van der Waals surface area contributed by atoms with E-state index in [1.807, 2.05) is 31.2 Å². The molecule has 2 aromatic rings. The highest BCUT2D eigenvalue weighted by Crippen LogP contribution is 2.18. The van der Waals surface area contributed by atoms with E-state index in [1.165, 1.54) is 11.1 Å². The van der Waals surface area contributed by atoms with Crippen molar-refractivity contribution in [1.29, 1.82) is 0 Å². The van der Waals surface area contributed by atoms with Crippen LogP contribution in [-0.2, 0) is 11.2 Å². The van der Waals surface area contributed by atoms with Gasteiger partial charge in [0.1, 0.15) is 5.75 Å². The van der Waals surface area contributed by atoms with Crippen LogP contribution in [-0.4, -0.2) is 18.7 Å². The maximum Gasteiger partial charge on any atom is 0.240 e. The summed E-state index contributed by atoms with van der Waals surface area (Å²) in [4.78, 5) is 11.9. The van der Waals surface area contributed by atoms with Gasteiger partial charge in [-0.2, -0.15) is 5.10 Å². The van der Waals surface area contributed by atoms with Crippen LogP contribution in [0.4, 0.5) is 0 Å². The van der Waals surface area contributed by atoms with Gasteiger partial charge in [-0.15, -0.1) is 0 Å². The van der Waals surface area contributed by atoms with Crippen molar-refractivity contribution in [3.8, 4) is 5.75 Å². The molecule has 1 amide bonds. The molecule has 4 nitrogen and oxygen atoms in total. The first-order valence-corrected chi connectivity index (χ1v) is 8.60. The summed E-state index contributed by atoms with van der Waals surface area (Å²) in [5.41, 5.74) is 6.69. The lowest BCUT2D eigenvalue weighted by atomic mass is 10.0. The Hall–Kier alpha value is -2.33. The topological polar surface area (TPSA) is 50.7 Å². The van der Waals surface area contributed by atoms with Gasteiger partial charge in [0.15, 0.2) is 0 Å². The minimum absolute atomic E-state index is 0.0838. The third-order valence-corrected chi connectivity index (χ3v) is 4.26. The predicted molar refractivity (Wildman–Crippen MR) is 102 cm³/mol. The number of carbonyl (C=O) groups excluding carboxylic acids is 1. The number of hydrazone groups is 1. The first kappa shape index (κ1) is 19.0. The minimum atomic E-state index is -0.0838. The Morgan fingerprint density at radius 3 is 2.56 bits per heavy atom. The van der Waals surface area contributed by atoms with Gasteiger partial charge in [0.25, 0.3) is 0 Å². The summed E-state index contributed by atoms with van der Waals surface area (Å²) in [6, 6.07) is 13.4. The zero-order valence-electron chi connectivity index (χ0n) is 14.8. The van der Waals surface area contributed by atoms with Crippen LogP contribution in [0.5, 0.6) is 5.75 Å². The molecule has 0 fully saturated rings. The molecule has 5 heteroatoms. The maximum absolute atomic E-state index is 11.9. The van der Waals surface area contributed by atoms with Gasteiger partial charge >= 0.3 is 0 Å². The fourth-order valence-corrected chi connectivity index (χ4v) is 2.60. The van der Waals surface area contributed by atoms with Crippen LogP contribution in [0.15, 0.2) is 47.6 Å². The second-order valence-corrected chi connectivity index (χ2v) is 6.32. The van der Waals surface area contributed by atoms with E-state index in [9.17, 15) is 4.79 Å². The van der Waals surface area contributed by atoms with E-state index in [2.05, 4.69) is 23.5 Å². The molecule has 0 heterocycles. The first-order valence-electron chi connectivity index (χ1n) is 8.22. The number of hydrogen-bond donors (Lipinski definition) is 1. The van der Waals surface area contributed by atoms with Gasteiger partial charge in [-0.05, 0) is 67.6 Å². The van der Waals surface area contributed by atoms with Crippen molar-refractivity contribution in [2.45, 2.75) is 33.1 Å². The zero-order chi connectivity index (χ0) is 18.2. The molecule has 0 atom stereocenters. The lowest BCUT2D eigenvalue weighted by molar-refractivity contribution is -0.121. The average molecular weight is 359 g/mol. The highest BCUT2D eigenvalue weighted by molar-refractivity contribution is 6.30. The van der Waals surface area contributed by atoms with Gasteiger partial charge < -0.3 is 4.74 Å². The SMILES string of the molecule is COc1ccc(CCCC(=O)N/N=C(\C)c2ccc(Cl)cc2)c(C)c1. The van der Waals surface area contributed by atoms with E-state index >= 15 is 0 Å². The quantitative estimate of drug-likeness (QED) is 0.584. The molecule has 0 spiro atoms. The van der Waals surface area contributed by atoms with Gasteiger partial charge in [0.05, 0.1) is 12.8 Å². The normalized spacial score (nSPS) is 11.3. The molecule has 0 bridgehead atoms. The zero-order valence-corrected chi connectivity index (χ0v) is 15.6. The predicted octanol–water partition coefficient (Wildman–Crippen LogP) is 4.52. The molecular weight excluding hydrogens is 336 g/mol. The van der Waals surface area contributed by atoms with Crippen molar-refractivity contribution in [3.63, 3.8) is 0 Å². The number of aryl methyl sites for hydroxylation is 2. The largest absolute Gasteiger partial charge is 0.497 e. The number of carbonyl (C=O) groups is 1. The summed E-state index contributed by atoms with van der Waals surface area (Å²) in [5.74, 6) is 0.769. The number of hydrogen-bond acceptors (Lipinski definition) is 3. The lowest BCUT2D eigenvalue weighted by Crippen LogP contribution is -2.19. The molecule has 25 heavy (non-hydrogen) atoms. The average Bonchev–Trinajstić information content (AvgIpc) is 2.61. The second kappa shape index (κ2) is 9.23. The summed E-state index contributed by atoms with van der Waals surface area (Å²) < 4.78 is 5.20. The van der Waals surface area contributed by atoms with E-state index in [-0.39, 0.29) is 5.91 Å². The van der Waals surface area contributed by atoms with Crippen molar-refractivity contribution < 1.29 is 9.53 Å². The fourth-order valence-electron chi connectivity index (χ4n) is 2.47. The summed E-state index contributed by atoms with van der Waals surface area (Å²) in [7, 11) is 1.66. The molecule has 132 valence electrons. The highest BCUT2D eigenvalue weighted by Gasteiger charge is 2.05. The van der Waals surface area contributed by atoms with Crippen molar-refractivity contribution in [2.24, 2.45) is 5.10 Å². The van der Waals surface area contributed by atoms with E-state index in [4.69, 9.17) is 16.3 Å². The van der Waals surface area contributed by atoms with Crippen molar-refractivity contribution in [3.05, 3.63) is 64.2 Å². The fraction of sp³-hybridized carbons (Fsp3) is 0.300. The number of benzene rings is 2. The van der Waals surface area contributed by atoms with Gasteiger partial charge in [-0.25, -0.2) is 5.43 Å². The Morgan fingerprint density at radius 2 is 1.92 bits per heavy atom. The molecule has 1 N–H and O–H groups in total. The third-order valence-electron chi connectivity index (χ3n) is 4.01. The van der Waals surface area contributed by atoms with Gasteiger partial charge in [-0.1, -0.05) is 29.8 Å². The highest BCUT2D eigenvalue weighted by atomic mass is 35.5. The first-order chi connectivity index (χ1) is 12.0. The molecular formula is C20H23ClN2O2. The van der Waals surface area contributed by atoms with Crippen molar-refractivity contribution in [2.75, 3.05) is 7.11 Å². The molecule has 0 aliphatic rings. The lowest BCUT2D eigenvalue weighted by Gasteiger charge is -2.08. The van der Waals surface area contributed by atoms with Crippen LogP contribution in [0.25, 0.3) is 0 Å². The standard InChI is InChI=1S/C20H23ClN2O2/c1-14-13-19(25-3)12-9-16(14)5-4-6-20(24)23-22-15(2)17-7-10-18(21)11-8-17/h7-13H,4-6H2,1-3H3,(H,23,24)/b22-15+. The molecule has 0 radical (unpaired) electrons. The van der Waals surface area contributed by atoms with E-state index in [0.717, 1.165) is 29.9 Å². The Morgan fingerprint density at radius 1 is 1.20 bits per heavy atom. The molecule has 2 rings (SSSR count). The summed E-state index contributed by atoms with van der Waals surface area (Å²) in [5, 5.41) is 4.82. The smallest absolute Gasteiger partial charge is 0.240 e. The summed E-state index contributed by atoms with van der Waals surface area (Å²) >= 11 is 5.86. The summed E-state index contributed by atoms with van der Waals surface area (Å²) in [6.07, 6.45) is 2.06.